The van der Waals surface area contributed by atoms with Crippen LogP contribution in [0.4, 0.5) is 0 Å². The quantitative estimate of drug-likeness (QED) is 0.923. The van der Waals surface area contributed by atoms with E-state index in [9.17, 15) is 18.3 Å². The van der Waals surface area contributed by atoms with E-state index in [4.69, 9.17) is 4.74 Å². The van der Waals surface area contributed by atoms with Crippen molar-refractivity contribution in [3.63, 3.8) is 0 Å². The second-order valence-corrected chi connectivity index (χ2v) is 7.57. The molecule has 1 aromatic carbocycles. The molecule has 0 bridgehead atoms. The second-order valence-electron chi connectivity index (χ2n) is 5.59. The number of methoxy groups -OCH3 is 1. The molecule has 0 spiro atoms. The number of ether oxygens (including phenoxy) is 1. The first-order valence-corrected chi connectivity index (χ1v) is 8.82. The molecule has 21 heavy (non-hydrogen) atoms. The first-order valence-electron chi connectivity index (χ1n) is 6.93. The Hall–Kier alpha value is -1.56. The van der Waals surface area contributed by atoms with Crippen LogP contribution in [0.5, 0.6) is 5.75 Å². The molecule has 1 aliphatic rings. The van der Waals surface area contributed by atoms with Crippen molar-refractivity contribution < 1.29 is 23.1 Å². The Bertz CT molecular complexity index is 642. The van der Waals surface area contributed by atoms with Gasteiger partial charge in [0.25, 0.3) is 0 Å². The van der Waals surface area contributed by atoms with Crippen molar-refractivity contribution in [2.24, 2.45) is 0 Å². The Balaban J connectivity index is 2.60. The summed E-state index contributed by atoms with van der Waals surface area (Å²) in [6, 6.07) is 4.69. The van der Waals surface area contributed by atoms with Gasteiger partial charge in [-0.1, -0.05) is 25.3 Å². The van der Waals surface area contributed by atoms with E-state index in [0.717, 1.165) is 25.5 Å². The minimum Gasteiger partial charge on any atom is -0.495 e. The molecule has 0 saturated heterocycles. The molecule has 1 N–H and O–H groups in total. The largest absolute Gasteiger partial charge is 0.495 e. The van der Waals surface area contributed by atoms with Gasteiger partial charge < -0.3 is 9.84 Å². The third-order valence-electron chi connectivity index (χ3n) is 4.23. The van der Waals surface area contributed by atoms with Crippen molar-refractivity contribution in [1.29, 1.82) is 0 Å². The first-order chi connectivity index (χ1) is 9.81. The highest BCUT2D eigenvalue weighted by Gasteiger charge is 2.41. The molecule has 0 unspecified atom stereocenters. The topological polar surface area (TPSA) is 80.7 Å². The molecule has 0 atom stereocenters. The molecule has 116 valence electrons. The number of carboxylic acids is 1. The molecule has 0 amide bonds. The Labute approximate surface area is 124 Å². The van der Waals surface area contributed by atoms with E-state index in [1.165, 1.54) is 13.2 Å². The highest BCUT2D eigenvalue weighted by Crippen LogP contribution is 2.41. The summed E-state index contributed by atoms with van der Waals surface area (Å²) in [6.07, 6.45) is 4.88. The minimum absolute atomic E-state index is 0.0497. The van der Waals surface area contributed by atoms with Gasteiger partial charge in [0.2, 0.25) is 0 Å². The lowest BCUT2D eigenvalue weighted by molar-refractivity contribution is -0.145. The molecular formula is C15H20O5S. The highest BCUT2D eigenvalue weighted by molar-refractivity contribution is 7.90. The van der Waals surface area contributed by atoms with Crippen LogP contribution in [0, 0.1) is 0 Å². The van der Waals surface area contributed by atoms with E-state index in [0.29, 0.717) is 18.4 Å². The van der Waals surface area contributed by atoms with Crippen molar-refractivity contribution in [2.45, 2.75) is 42.4 Å². The van der Waals surface area contributed by atoms with Gasteiger partial charge in [-0.3, -0.25) is 4.79 Å². The van der Waals surface area contributed by atoms with Gasteiger partial charge in [0.05, 0.1) is 12.5 Å². The molecule has 1 saturated carbocycles. The molecule has 0 radical (unpaired) electrons. The second kappa shape index (κ2) is 5.67. The van der Waals surface area contributed by atoms with Gasteiger partial charge in [0.1, 0.15) is 10.6 Å². The van der Waals surface area contributed by atoms with E-state index in [1.54, 1.807) is 12.1 Å². The lowest BCUT2D eigenvalue weighted by atomic mass is 9.69. The van der Waals surface area contributed by atoms with Crippen LogP contribution in [0.2, 0.25) is 0 Å². The van der Waals surface area contributed by atoms with Gasteiger partial charge >= 0.3 is 5.97 Å². The fraction of sp³-hybridized carbons (Fsp3) is 0.533. The molecular weight excluding hydrogens is 292 g/mol. The smallest absolute Gasteiger partial charge is 0.314 e. The van der Waals surface area contributed by atoms with E-state index >= 15 is 0 Å². The maximum atomic E-state index is 11.9. The number of rotatable bonds is 4. The van der Waals surface area contributed by atoms with E-state index < -0.39 is 21.2 Å². The normalized spacial score (nSPS) is 18.2. The Morgan fingerprint density at radius 2 is 1.86 bits per heavy atom. The van der Waals surface area contributed by atoms with Crippen LogP contribution in [0.1, 0.15) is 37.7 Å². The summed E-state index contributed by atoms with van der Waals surface area (Å²) < 4.78 is 28.9. The van der Waals surface area contributed by atoms with Crippen LogP contribution in [0.25, 0.3) is 0 Å². The standard InChI is InChI=1S/C15H20O5S/c1-20-12-7-6-11(10-13(12)21(2,18)19)15(14(16)17)8-4-3-5-9-15/h6-7,10H,3-5,8-9H2,1-2H3,(H,16,17). The SMILES string of the molecule is COc1ccc(C2(C(=O)O)CCCCC2)cc1S(C)(=O)=O. The van der Waals surface area contributed by atoms with Crippen LogP contribution in [0.3, 0.4) is 0 Å². The van der Waals surface area contributed by atoms with Crippen molar-refractivity contribution in [3.8, 4) is 5.75 Å². The fourth-order valence-electron chi connectivity index (χ4n) is 3.05. The number of aliphatic carboxylic acids is 1. The summed E-state index contributed by atoms with van der Waals surface area (Å²) in [5.74, 6) is -0.635. The van der Waals surface area contributed by atoms with Gasteiger partial charge in [0.15, 0.2) is 9.84 Å². The van der Waals surface area contributed by atoms with Crippen molar-refractivity contribution in [1.82, 2.24) is 0 Å². The van der Waals surface area contributed by atoms with Crippen molar-refractivity contribution >= 4 is 15.8 Å². The summed E-state index contributed by atoms with van der Waals surface area (Å²) in [6.45, 7) is 0. The predicted octanol–water partition coefficient (Wildman–Crippen LogP) is 2.39. The highest BCUT2D eigenvalue weighted by atomic mass is 32.2. The molecule has 6 heteroatoms. The van der Waals surface area contributed by atoms with Crippen LogP contribution in [-0.4, -0.2) is 32.9 Å². The monoisotopic (exact) mass is 312 g/mol. The zero-order valence-electron chi connectivity index (χ0n) is 12.3. The Morgan fingerprint density at radius 3 is 2.33 bits per heavy atom. The van der Waals surface area contributed by atoms with Gasteiger partial charge in [-0.2, -0.15) is 0 Å². The summed E-state index contributed by atoms with van der Waals surface area (Å²) >= 11 is 0. The molecule has 1 fully saturated rings. The van der Waals surface area contributed by atoms with E-state index in [2.05, 4.69) is 0 Å². The zero-order valence-corrected chi connectivity index (χ0v) is 13.1. The molecule has 0 aliphatic heterocycles. The third kappa shape index (κ3) is 2.90. The minimum atomic E-state index is -3.48. The lowest BCUT2D eigenvalue weighted by Gasteiger charge is -2.34. The molecule has 2 rings (SSSR count). The van der Waals surface area contributed by atoms with Gasteiger partial charge in [-0.25, -0.2) is 8.42 Å². The number of carbonyl (C=O) groups is 1. The summed E-state index contributed by atoms with van der Waals surface area (Å²) in [5.41, 5.74) is -0.430. The van der Waals surface area contributed by atoms with Gasteiger partial charge in [-0.15, -0.1) is 0 Å². The number of hydrogen-bond donors (Lipinski definition) is 1. The Kier molecular flexibility index (Phi) is 4.27. The third-order valence-corrected chi connectivity index (χ3v) is 5.35. The maximum absolute atomic E-state index is 11.9. The number of sulfone groups is 1. The molecule has 0 aromatic heterocycles. The molecule has 1 aromatic rings. The van der Waals surface area contributed by atoms with Crippen LogP contribution in [0.15, 0.2) is 23.1 Å². The van der Waals surface area contributed by atoms with E-state index in [-0.39, 0.29) is 10.6 Å². The molecule has 5 nitrogen and oxygen atoms in total. The number of hydrogen-bond acceptors (Lipinski definition) is 4. The summed E-state index contributed by atoms with van der Waals surface area (Å²) in [7, 11) is -2.08. The van der Waals surface area contributed by atoms with Crippen LogP contribution < -0.4 is 4.74 Å². The molecule has 1 aliphatic carbocycles. The fourth-order valence-corrected chi connectivity index (χ4v) is 3.90. The Morgan fingerprint density at radius 1 is 1.24 bits per heavy atom. The zero-order chi connectivity index (χ0) is 15.7. The van der Waals surface area contributed by atoms with Crippen LogP contribution in [-0.2, 0) is 20.0 Å². The average Bonchev–Trinajstić information content (AvgIpc) is 2.46. The predicted molar refractivity (Wildman–Crippen MR) is 78.5 cm³/mol. The van der Waals surface area contributed by atoms with Gasteiger partial charge in [0, 0.05) is 6.26 Å². The first kappa shape index (κ1) is 15.8. The summed E-state index contributed by atoms with van der Waals surface area (Å²) in [4.78, 5) is 11.9. The number of carboxylic acid groups (broad SMARTS) is 1. The van der Waals surface area contributed by atoms with Crippen molar-refractivity contribution in [3.05, 3.63) is 23.8 Å². The lowest BCUT2D eigenvalue weighted by Crippen LogP contribution is -2.37. The average molecular weight is 312 g/mol. The van der Waals surface area contributed by atoms with Gasteiger partial charge in [-0.05, 0) is 30.5 Å². The van der Waals surface area contributed by atoms with Crippen LogP contribution >= 0.6 is 0 Å². The molecule has 0 heterocycles. The maximum Gasteiger partial charge on any atom is 0.314 e. The van der Waals surface area contributed by atoms with E-state index in [1.807, 2.05) is 0 Å². The van der Waals surface area contributed by atoms with Crippen molar-refractivity contribution in [2.75, 3.05) is 13.4 Å². The number of benzene rings is 1. The summed E-state index contributed by atoms with van der Waals surface area (Å²) in [5, 5.41) is 9.68.